The lowest BCUT2D eigenvalue weighted by atomic mass is 10.1. The summed E-state index contributed by atoms with van der Waals surface area (Å²) in [6.07, 6.45) is 0. The maximum Gasteiger partial charge on any atom is 0.337 e. The third-order valence-corrected chi connectivity index (χ3v) is 3.36. The number of ether oxygens (including phenoxy) is 1. The topological polar surface area (TPSA) is 46.5 Å². The number of methoxy groups -OCH3 is 1. The van der Waals surface area contributed by atoms with Gasteiger partial charge in [0, 0.05) is 15.0 Å². The van der Waals surface area contributed by atoms with Crippen molar-refractivity contribution in [3.8, 4) is 5.75 Å². The average molecular weight is 222 g/mol. The standard InChI is InChI=1S/C11H10O3S/c1-6-10(11(12)13)8-4-3-7(14-2)5-9(8)15-6/h3-5H,1-2H3,(H,12,13). The van der Waals surface area contributed by atoms with E-state index in [4.69, 9.17) is 9.84 Å². The molecule has 2 rings (SSSR count). The molecule has 0 aliphatic rings. The molecule has 1 N–H and O–H groups in total. The summed E-state index contributed by atoms with van der Waals surface area (Å²) in [5.74, 6) is -0.121. The lowest BCUT2D eigenvalue weighted by molar-refractivity contribution is 0.0699. The molecule has 2 aromatic rings. The Morgan fingerprint density at radius 2 is 2.20 bits per heavy atom. The Bertz CT molecular complexity index is 528. The van der Waals surface area contributed by atoms with Crippen LogP contribution in [0.4, 0.5) is 0 Å². The summed E-state index contributed by atoms with van der Waals surface area (Å²) < 4.78 is 6.04. The van der Waals surface area contributed by atoms with Gasteiger partial charge >= 0.3 is 5.97 Å². The number of thiophene rings is 1. The zero-order valence-electron chi connectivity index (χ0n) is 8.40. The fraction of sp³-hybridized carbons (Fsp3) is 0.182. The molecule has 4 heteroatoms. The van der Waals surface area contributed by atoms with Gasteiger partial charge in [-0.25, -0.2) is 4.79 Å². The highest BCUT2D eigenvalue weighted by Crippen LogP contribution is 2.33. The van der Waals surface area contributed by atoms with E-state index >= 15 is 0 Å². The van der Waals surface area contributed by atoms with Gasteiger partial charge in [0.1, 0.15) is 5.75 Å². The SMILES string of the molecule is COc1ccc2c(C(=O)O)c(C)sc2c1. The molecule has 0 atom stereocenters. The van der Waals surface area contributed by atoms with Gasteiger partial charge in [-0.15, -0.1) is 11.3 Å². The van der Waals surface area contributed by atoms with Crippen LogP contribution in [0.5, 0.6) is 5.75 Å². The minimum absolute atomic E-state index is 0.401. The van der Waals surface area contributed by atoms with Gasteiger partial charge < -0.3 is 9.84 Å². The first-order valence-electron chi connectivity index (χ1n) is 4.44. The molecular formula is C11H10O3S. The third-order valence-electron chi connectivity index (χ3n) is 2.29. The molecule has 0 aliphatic heterocycles. The van der Waals surface area contributed by atoms with E-state index in [0.29, 0.717) is 5.56 Å². The largest absolute Gasteiger partial charge is 0.497 e. The van der Waals surface area contributed by atoms with Crippen LogP contribution >= 0.6 is 11.3 Å². The highest BCUT2D eigenvalue weighted by Gasteiger charge is 2.15. The molecule has 1 aromatic carbocycles. The number of aromatic carboxylic acids is 1. The maximum absolute atomic E-state index is 11.0. The number of hydrogen-bond acceptors (Lipinski definition) is 3. The van der Waals surface area contributed by atoms with E-state index in [1.807, 2.05) is 13.0 Å². The first kappa shape index (κ1) is 9.98. The van der Waals surface area contributed by atoms with Crippen LogP contribution in [0.2, 0.25) is 0 Å². The van der Waals surface area contributed by atoms with Crippen LogP contribution in [0.3, 0.4) is 0 Å². The molecule has 0 saturated carbocycles. The van der Waals surface area contributed by atoms with E-state index in [1.54, 1.807) is 19.2 Å². The van der Waals surface area contributed by atoms with Crippen LogP contribution in [-0.2, 0) is 0 Å². The average Bonchev–Trinajstić information content (AvgIpc) is 2.52. The van der Waals surface area contributed by atoms with Crippen LogP contribution in [0, 0.1) is 6.92 Å². The van der Waals surface area contributed by atoms with Crippen LogP contribution in [0.1, 0.15) is 15.2 Å². The molecule has 15 heavy (non-hydrogen) atoms. The Kier molecular flexibility index (Phi) is 2.36. The predicted molar refractivity (Wildman–Crippen MR) is 60.1 cm³/mol. The van der Waals surface area contributed by atoms with Crippen molar-refractivity contribution < 1.29 is 14.6 Å². The van der Waals surface area contributed by atoms with Crippen molar-refractivity contribution in [3.05, 3.63) is 28.6 Å². The molecule has 0 bridgehead atoms. The highest BCUT2D eigenvalue weighted by atomic mass is 32.1. The summed E-state index contributed by atoms with van der Waals surface area (Å²) >= 11 is 1.48. The number of rotatable bonds is 2. The molecule has 78 valence electrons. The summed E-state index contributed by atoms with van der Waals surface area (Å²) in [6, 6.07) is 5.43. The molecular weight excluding hydrogens is 212 g/mol. The van der Waals surface area contributed by atoms with Gasteiger partial charge in [0.15, 0.2) is 0 Å². The second-order valence-corrected chi connectivity index (χ2v) is 4.46. The normalized spacial score (nSPS) is 10.5. The summed E-state index contributed by atoms with van der Waals surface area (Å²) in [5.41, 5.74) is 0.401. The van der Waals surface area contributed by atoms with E-state index in [-0.39, 0.29) is 0 Å². The molecule has 0 amide bonds. The fourth-order valence-electron chi connectivity index (χ4n) is 1.59. The van der Waals surface area contributed by atoms with Gasteiger partial charge in [0.25, 0.3) is 0 Å². The van der Waals surface area contributed by atoms with Crippen molar-refractivity contribution in [2.45, 2.75) is 6.92 Å². The Morgan fingerprint density at radius 3 is 2.80 bits per heavy atom. The fourth-order valence-corrected chi connectivity index (χ4v) is 2.68. The smallest absolute Gasteiger partial charge is 0.337 e. The van der Waals surface area contributed by atoms with E-state index < -0.39 is 5.97 Å². The van der Waals surface area contributed by atoms with E-state index in [9.17, 15) is 4.79 Å². The predicted octanol–water partition coefficient (Wildman–Crippen LogP) is 2.92. The van der Waals surface area contributed by atoms with Crippen molar-refractivity contribution in [3.63, 3.8) is 0 Å². The lowest BCUT2D eigenvalue weighted by Crippen LogP contribution is -1.96. The van der Waals surface area contributed by atoms with Gasteiger partial charge in [-0.1, -0.05) is 0 Å². The quantitative estimate of drug-likeness (QED) is 0.849. The Labute approximate surface area is 90.9 Å². The first-order chi connectivity index (χ1) is 7.13. The van der Waals surface area contributed by atoms with Gasteiger partial charge in [-0.2, -0.15) is 0 Å². The van der Waals surface area contributed by atoms with Crippen molar-refractivity contribution in [1.82, 2.24) is 0 Å². The van der Waals surface area contributed by atoms with Crippen LogP contribution in [0.25, 0.3) is 10.1 Å². The van der Waals surface area contributed by atoms with E-state index in [2.05, 4.69) is 0 Å². The number of benzene rings is 1. The van der Waals surface area contributed by atoms with E-state index in [1.165, 1.54) is 11.3 Å². The van der Waals surface area contributed by atoms with Gasteiger partial charge in [-0.3, -0.25) is 0 Å². The minimum atomic E-state index is -0.871. The van der Waals surface area contributed by atoms with Crippen molar-refractivity contribution >= 4 is 27.4 Å². The van der Waals surface area contributed by atoms with Gasteiger partial charge in [0.2, 0.25) is 0 Å². The minimum Gasteiger partial charge on any atom is -0.497 e. The van der Waals surface area contributed by atoms with Crippen LogP contribution in [-0.4, -0.2) is 18.2 Å². The molecule has 3 nitrogen and oxygen atoms in total. The molecule has 0 radical (unpaired) electrons. The number of carboxylic acids is 1. The maximum atomic E-state index is 11.0. The van der Waals surface area contributed by atoms with Crippen molar-refractivity contribution in [2.24, 2.45) is 0 Å². The first-order valence-corrected chi connectivity index (χ1v) is 5.25. The Balaban J connectivity index is 2.74. The number of carbonyl (C=O) groups is 1. The highest BCUT2D eigenvalue weighted by molar-refractivity contribution is 7.19. The van der Waals surface area contributed by atoms with Gasteiger partial charge in [0.05, 0.1) is 12.7 Å². The molecule has 0 aliphatic carbocycles. The van der Waals surface area contributed by atoms with Gasteiger partial charge in [-0.05, 0) is 25.1 Å². The molecule has 0 fully saturated rings. The number of carboxylic acid groups (broad SMARTS) is 1. The Hall–Kier alpha value is -1.55. The number of hydrogen-bond donors (Lipinski definition) is 1. The Morgan fingerprint density at radius 1 is 1.47 bits per heavy atom. The van der Waals surface area contributed by atoms with Crippen molar-refractivity contribution in [1.29, 1.82) is 0 Å². The zero-order chi connectivity index (χ0) is 11.0. The molecule has 1 heterocycles. The monoisotopic (exact) mass is 222 g/mol. The molecule has 0 unspecified atom stereocenters. The third kappa shape index (κ3) is 1.57. The summed E-state index contributed by atoms with van der Waals surface area (Å²) in [7, 11) is 1.60. The van der Waals surface area contributed by atoms with E-state index in [0.717, 1.165) is 20.7 Å². The molecule has 0 spiro atoms. The summed E-state index contributed by atoms with van der Waals surface area (Å²) in [5, 5.41) is 9.84. The summed E-state index contributed by atoms with van der Waals surface area (Å²) in [6.45, 7) is 1.82. The summed E-state index contributed by atoms with van der Waals surface area (Å²) in [4.78, 5) is 11.9. The second kappa shape index (κ2) is 3.55. The van der Waals surface area contributed by atoms with Crippen LogP contribution in [0.15, 0.2) is 18.2 Å². The lowest BCUT2D eigenvalue weighted by Gasteiger charge is -1.98. The molecule has 1 aromatic heterocycles. The zero-order valence-corrected chi connectivity index (χ0v) is 9.22. The second-order valence-electron chi connectivity index (χ2n) is 3.20. The van der Waals surface area contributed by atoms with Crippen molar-refractivity contribution in [2.75, 3.05) is 7.11 Å². The molecule has 0 saturated heterocycles. The number of aryl methyl sites for hydroxylation is 1. The number of fused-ring (bicyclic) bond motifs is 1. The van der Waals surface area contributed by atoms with Crippen LogP contribution < -0.4 is 4.74 Å².